The molecule has 6 rings (SSSR count). The van der Waals surface area contributed by atoms with Crippen molar-refractivity contribution in [2.24, 2.45) is 0 Å². The van der Waals surface area contributed by atoms with Crippen molar-refractivity contribution >= 4 is 16.6 Å². The maximum Gasteiger partial charge on any atom is 0.300 e. The van der Waals surface area contributed by atoms with Crippen LogP contribution in [-0.4, -0.2) is 51.4 Å². The van der Waals surface area contributed by atoms with Crippen molar-refractivity contribution in [3.05, 3.63) is 69.8 Å². The Balaban J connectivity index is 1.84. The van der Waals surface area contributed by atoms with Crippen LogP contribution in [0.1, 0.15) is 57.8 Å². The summed E-state index contributed by atoms with van der Waals surface area (Å²) in [4.78, 5) is 25.4. The monoisotopic (exact) mass is 579 g/mol. The number of phenolic OH excluding ortho intramolecular Hbond substituents is 1. The Morgan fingerprint density at radius 2 is 1.71 bits per heavy atom. The van der Waals surface area contributed by atoms with E-state index in [-0.39, 0.29) is 58.6 Å². The molecule has 0 amide bonds. The summed E-state index contributed by atoms with van der Waals surface area (Å²) >= 11 is 0. The minimum Gasteiger partial charge on any atom is -0.507 e. The molecule has 0 unspecified atom stereocenters. The molecule has 2 atom stereocenters. The zero-order valence-corrected chi connectivity index (χ0v) is 24.0. The SMILES string of the molecule is CC(C)c1ncnc(C(C)C)c1-n1c(=O)c2c(c3cc(F)c(-c4c(O)cccc4F)c(F)c31)N1C[C@@H](C)NC[C@@H]1CO2. The minimum atomic E-state index is -1.19. The lowest BCUT2D eigenvalue weighted by Gasteiger charge is -2.44. The molecule has 1 saturated heterocycles. The third-order valence-electron chi connectivity index (χ3n) is 8.04. The first-order valence-electron chi connectivity index (χ1n) is 14.1. The highest BCUT2D eigenvalue weighted by molar-refractivity contribution is 6.00. The molecule has 8 nitrogen and oxygen atoms in total. The number of anilines is 1. The lowest BCUT2D eigenvalue weighted by molar-refractivity contribution is 0.233. The normalized spacial score (nSPS) is 18.4. The van der Waals surface area contributed by atoms with Gasteiger partial charge >= 0.3 is 0 Å². The highest BCUT2D eigenvalue weighted by atomic mass is 19.1. The summed E-state index contributed by atoms with van der Waals surface area (Å²) in [5, 5.41) is 14.0. The molecule has 1 fully saturated rings. The third-order valence-corrected chi connectivity index (χ3v) is 8.04. The lowest BCUT2D eigenvalue weighted by Crippen LogP contribution is -2.59. The van der Waals surface area contributed by atoms with Crippen LogP contribution in [0.4, 0.5) is 18.9 Å². The summed E-state index contributed by atoms with van der Waals surface area (Å²) in [6.07, 6.45) is 1.40. The Morgan fingerprint density at radius 3 is 2.36 bits per heavy atom. The van der Waals surface area contributed by atoms with Crippen molar-refractivity contribution in [1.82, 2.24) is 19.9 Å². The standard InChI is InChI=1S/C31H32F3N5O3/c1-14(2)25-29(26(15(3)4)37-13-36-25)39-27-18(9-20(33)23(24(27)34)22-19(32)7-6-8-21(22)40)28-30(31(39)41)42-12-17-10-35-16(5)11-38(17)28/h6-9,13-17,35,40H,10-12H2,1-5H3/t16-,17-/m1/s1. The predicted octanol–water partition coefficient (Wildman–Crippen LogP) is 5.38. The van der Waals surface area contributed by atoms with Crippen LogP contribution in [-0.2, 0) is 0 Å². The number of ether oxygens (including phenoxy) is 1. The number of hydrogen-bond acceptors (Lipinski definition) is 7. The number of halogens is 3. The van der Waals surface area contributed by atoms with E-state index in [0.29, 0.717) is 24.5 Å². The molecule has 2 aromatic carbocycles. The van der Waals surface area contributed by atoms with Gasteiger partial charge in [0.2, 0.25) is 5.75 Å². The molecule has 4 aromatic rings. The first-order chi connectivity index (χ1) is 20.0. The molecule has 4 heterocycles. The van der Waals surface area contributed by atoms with Crippen LogP contribution >= 0.6 is 0 Å². The van der Waals surface area contributed by atoms with E-state index in [2.05, 4.69) is 15.3 Å². The van der Waals surface area contributed by atoms with E-state index in [9.17, 15) is 9.90 Å². The van der Waals surface area contributed by atoms with Gasteiger partial charge in [0.05, 0.1) is 45.4 Å². The number of piperazine rings is 1. The largest absolute Gasteiger partial charge is 0.507 e. The number of phenols is 1. The number of aromatic nitrogens is 3. The van der Waals surface area contributed by atoms with Gasteiger partial charge in [-0.25, -0.2) is 23.1 Å². The Labute approximate surface area is 240 Å². The smallest absolute Gasteiger partial charge is 0.300 e. The van der Waals surface area contributed by atoms with E-state index in [1.165, 1.54) is 12.4 Å². The van der Waals surface area contributed by atoms with Crippen LogP contribution in [0.2, 0.25) is 0 Å². The van der Waals surface area contributed by atoms with Gasteiger partial charge in [-0.05, 0) is 37.0 Å². The van der Waals surface area contributed by atoms with Crippen molar-refractivity contribution < 1.29 is 23.0 Å². The Morgan fingerprint density at radius 1 is 1.02 bits per heavy atom. The van der Waals surface area contributed by atoms with Gasteiger partial charge in [0, 0.05) is 24.5 Å². The molecule has 2 aliphatic heterocycles. The Kier molecular flexibility index (Phi) is 6.87. The van der Waals surface area contributed by atoms with Crippen LogP contribution in [0.5, 0.6) is 11.5 Å². The maximum atomic E-state index is 17.0. The van der Waals surface area contributed by atoms with Gasteiger partial charge in [0.1, 0.15) is 30.3 Å². The number of pyridine rings is 1. The molecule has 2 aliphatic rings. The summed E-state index contributed by atoms with van der Waals surface area (Å²) < 4.78 is 55.4. The number of fused-ring (bicyclic) bond motifs is 5. The second kappa shape index (κ2) is 10.3. The Hall–Kier alpha value is -4.12. The number of hydrogen-bond donors (Lipinski definition) is 2. The second-order valence-corrected chi connectivity index (χ2v) is 11.6. The molecule has 0 radical (unpaired) electrons. The minimum absolute atomic E-state index is 0.0265. The number of nitrogens with one attached hydrogen (secondary N) is 1. The molecule has 220 valence electrons. The second-order valence-electron chi connectivity index (χ2n) is 11.6. The highest BCUT2D eigenvalue weighted by Gasteiger charge is 2.38. The van der Waals surface area contributed by atoms with Gasteiger partial charge in [-0.15, -0.1) is 0 Å². The summed E-state index contributed by atoms with van der Waals surface area (Å²) in [7, 11) is 0. The zero-order chi connectivity index (χ0) is 30.0. The van der Waals surface area contributed by atoms with Crippen LogP contribution in [0.25, 0.3) is 27.7 Å². The molecule has 11 heteroatoms. The maximum absolute atomic E-state index is 17.0. The molecule has 0 spiro atoms. The summed E-state index contributed by atoms with van der Waals surface area (Å²) in [6.45, 7) is 10.8. The van der Waals surface area contributed by atoms with Crippen molar-refractivity contribution in [2.45, 2.75) is 58.5 Å². The van der Waals surface area contributed by atoms with Gasteiger partial charge in [-0.1, -0.05) is 33.8 Å². The number of rotatable bonds is 4. The molecule has 2 aromatic heterocycles. The summed E-state index contributed by atoms with van der Waals surface area (Å²) in [6, 6.07) is 4.37. The zero-order valence-electron chi connectivity index (χ0n) is 24.0. The van der Waals surface area contributed by atoms with Gasteiger partial charge < -0.3 is 20.1 Å². The van der Waals surface area contributed by atoms with Gasteiger partial charge in [0.15, 0.2) is 5.82 Å². The van der Waals surface area contributed by atoms with Crippen molar-refractivity contribution in [1.29, 1.82) is 0 Å². The average Bonchev–Trinajstić information content (AvgIpc) is 2.94. The molecule has 0 bridgehead atoms. The third kappa shape index (κ3) is 4.21. The van der Waals surface area contributed by atoms with Crippen LogP contribution in [0, 0.1) is 17.5 Å². The number of benzene rings is 2. The molecular weight excluding hydrogens is 547 g/mol. The van der Waals surface area contributed by atoms with Crippen LogP contribution in [0.15, 0.2) is 35.4 Å². The fraction of sp³-hybridized carbons (Fsp3) is 0.387. The van der Waals surface area contributed by atoms with E-state index >= 15 is 13.2 Å². The van der Waals surface area contributed by atoms with Crippen molar-refractivity contribution in [3.63, 3.8) is 0 Å². The first-order valence-corrected chi connectivity index (χ1v) is 14.1. The average molecular weight is 580 g/mol. The molecular formula is C31H32F3N5O3. The van der Waals surface area contributed by atoms with E-state index in [0.717, 1.165) is 22.8 Å². The van der Waals surface area contributed by atoms with E-state index in [1.807, 2.05) is 39.5 Å². The summed E-state index contributed by atoms with van der Waals surface area (Å²) in [5.74, 6) is -4.34. The van der Waals surface area contributed by atoms with Crippen molar-refractivity contribution in [3.8, 4) is 28.3 Å². The molecule has 2 N–H and O–H groups in total. The van der Waals surface area contributed by atoms with Crippen LogP contribution in [0.3, 0.4) is 0 Å². The quantitative estimate of drug-likeness (QED) is 0.336. The van der Waals surface area contributed by atoms with Crippen LogP contribution < -0.4 is 20.5 Å². The lowest BCUT2D eigenvalue weighted by atomic mass is 9.96. The fourth-order valence-corrected chi connectivity index (χ4v) is 6.09. The van der Waals surface area contributed by atoms with Crippen molar-refractivity contribution in [2.75, 3.05) is 24.6 Å². The number of nitrogens with zero attached hydrogens (tertiary/aromatic N) is 4. The van der Waals surface area contributed by atoms with E-state index in [4.69, 9.17) is 4.74 Å². The van der Waals surface area contributed by atoms with Gasteiger partial charge in [-0.2, -0.15) is 0 Å². The highest BCUT2D eigenvalue weighted by Crippen LogP contribution is 2.45. The van der Waals surface area contributed by atoms with E-state index in [1.54, 1.807) is 0 Å². The van der Waals surface area contributed by atoms with Gasteiger partial charge in [0.25, 0.3) is 5.56 Å². The predicted molar refractivity (Wildman–Crippen MR) is 154 cm³/mol. The molecule has 0 saturated carbocycles. The molecule has 42 heavy (non-hydrogen) atoms. The molecule has 0 aliphatic carbocycles. The first kappa shape index (κ1) is 28.0. The van der Waals surface area contributed by atoms with Gasteiger partial charge in [-0.3, -0.25) is 9.36 Å². The number of aromatic hydroxyl groups is 1. The Bertz CT molecular complexity index is 1740. The van der Waals surface area contributed by atoms with E-state index < -0.39 is 39.9 Å². The fourth-order valence-electron chi connectivity index (χ4n) is 6.09. The topological polar surface area (TPSA) is 92.5 Å². The summed E-state index contributed by atoms with van der Waals surface area (Å²) in [5.41, 5.74) is -0.806.